The molecule has 0 aliphatic carbocycles. The van der Waals surface area contributed by atoms with Gasteiger partial charge < -0.3 is 0 Å². The first-order valence-corrected chi connectivity index (χ1v) is 7.87. The summed E-state index contributed by atoms with van der Waals surface area (Å²) in [5.74, 6) is 0. The van der Waals surface area contributed by atoms with E-state index in [4.69, 9.17) is 0 Å². The van der Waals surface area contributed by atoms with E-state index in [0.717, 1.165) is 0 Å². The highest BCUT2D eigenvalue weighted by Crippen LogP contribution is 2.10. The molecule has 0 spiro atoms. The molecule has 0 aliphatic rings. The molecule has 1 heterocycles. The summed E-state index contributed by atoms with van der Waals surface area (Å²) >= 11 is 0. The van der Waals surface area contributed by atoms with Gasteiger partial charge in [0.1, 0.15) is 11.9 Å². The van der Waals surface area contributed by atoms with Crippen LogP contribution in [0.2, 0.25) is 0 Å². The number of aromatic nitrogens is 2. The quantitative estimate of drug-likeness (QED) is 0.440. The zero-order chi connectivity index (χ0) is 13.1. The number of aromatic amines is 1. The third-order valence-corrected chi connectivity index (χ3v) is 3.73. The van der Waals surface area contributed by atoms with Crippen LogP contribution >= 0.6 is 0 Å². The van der Waals surface area contributed by atoms with E-state index in [0.29, 0.717) is 0 Å². The highest BCUT2D eigenvalue weighted by molar-refractivity contribution is 4.79. The van der Waals surface area contributed by atoms with Crippen LogP contribution in [0.5, 0.6) is 0 Å². The minimum absolute atomic E-state index is 1.17. The van der Waals surface area contributed by atoms with E-state index in [2.05, 4.69) is 35.9 Å². The van der Waals surface area contributed by atoms with Gasteiger partial charge in [-0.3, -0.25) is 0 Å². The molecular formula is C16H31N2+. The average molecular weight is 251 g/mol. The van der Waals surface area contributed by atoms with Gasteiger partial charge in [-0.1, -0.05) is 58.3 Å². The molecule has 2 heteroatoms. The average Bonchev–Trinajstić information content (AvgIpc) is 2.77. The van der Waals surface area contributed by atoms with Gasteiger partial charge in [0.25, 0.3) is 0 Å². The summed E-state index contributed by atoms with van der Waals surface area (Å²) in [6.45, 7) is 5.61. The molecule has 0 radical (unpaired) electrons. The summed E-state index contributed by atoms with van der Waals surface area (Å²) in [7, 11) is 0. The van der Waals surface area contributed by atoms with Crippen molar-refractivity contribution < 1.29 is 4.57 Å². The van der Waals surface area contributed by atoms with Crippen molar-refractivity contribution in [2.75, 3.05) is 0 Å². The predicted molar refractivity (Wildman–Crippen MR) is 77.6 cm³/mol. The normalized spacial score (nSPS) is 11.0. The Kier molecular flexibility index (Phi) is 8.62. The fraction of sp³-hybridized carbons (Fsp3) is 0.812. The maximum atomic E-state index is 3.15. The van der Waals surface area contributed by atoms with E-state index in [1.165, 1.54) is 76.4 Å². The zero-order valence-corrected chi connectivity index (χ0v) is 12.4. The summed E-state index contributed by atoms with van der Waals surface area (Å²) < 4.78 is 2.31. The zero-order valence-electron chi connectivity index (χ0n) is 12.4. The molecule has 0 aromatic carbocycles. The van der Waals surface area contributed by atoms with Gasteiger partial charge in [-0.25, -0.2) is 9.55 Å². The molecule has 1 rings (SSSR count). The number of hydrogen-bond donors (Lipinski definition) is 1. The van der Waals surface area contributed by atoms with Crippen molar-refractivity contribution in [2.24, 2.45) is 0 Å². The second kappa shape index (κ2) is 10.2. The molecule has 1 N–H and O–H groups in total. The van der Waals surface area contributed by atoms with E-state index in [-0.39, 0.29) is 0 Å². The van der Waals surface area contributed by atoms with Gasteiger partial charge in [0.15, 0.2) is 0 Å². The maximum Gasteiger partial charge on any atom is 0.241 e. The van der Waals surface area contributed by atoms with Crippen molar-refractivity contribution in [3.63, 3.8) is 0 Å². The summed E-state index contributed by atoms with van der Waals surface area (Å²) in [4.78, 5) is 3.15. The monoisotopic (exact) mass is 251 g/mol. The highest BCUT2D eigenvalue weighted by Gasteiger charge is 2.02. The fourth-order valence-electron chi connectivity index (χ4n) is 2.44. The topological polar surface area (TPSA) is 19.7 Å². The SMILES string of the molecule is CCCCCCCCCCCC[n+]1c[nH]cc1C. The second-order valence-corrected chi connectivity index (χ2v) is 5.46. The Bertz CT molecular complexity index is 291. The van der Waals surface area contributed by atoms with Gasteiger partial charge >= 0.3 is 0 Å². The number of rotatable bonds is 11. The number of aryl methyl sites for hydroxylation is 2. The van der Waals surface area contributed by atoms with Crippen LogP contribution < -0.4 is 4.57 Å². The Morgan fingerprint density at radius 1 is 0.889 bits per heavy atom. The van der Waals surface area contributed by atoms with Crippen LogP contribution in [0.25, 0.3) is 0 Å². The van der Waals surface area contributed by atoms with Crippen molar-refractivity contribution in [1.82, 2.24) is 4.98 Å². The standard InChI is InChI=1S/C16H30N2/c1-3-4-5-6-7-8-9-10-11-12-13-18-15-17-14-16(18)2/h14-15H,3-13H2,1-2H3/p+1. The minimum atomic E-state index is 1.17. The number of imidazole rings is 1. The number of hydrogen-bond acceptors (Lipinski definition) is 0. The highest BCUT2D eigenvalue weighted by atomic mass is 15.0. The molecule has 1 aromatic heterocycles. The number of unbranched alkanes of at least 4 members (excludes halogenated alkanes) is 9. The van der Waals surface area contributed by atoms with Crippen molar-refractivity contribution in [3.8, 4) is 0 Å². The van der Waals surface area contributed by atoms with Gasteiger partial charge in [0.05, 0.1) is 6.54 Å². The predicted octanol–water partition coefficient (Wildman–Crippen LogP) is 4.53. The first-order chi connectivity index (χ1) is 8.84. The van der Waals surface area contributed by atoms with Crippen LogP contribution in [0, 0.1) is 6.92 Å². The van der Waals surface area contributed by atoms with Gasteiger partial charge in [0.2, 0.25) is 6.33 Å². The van der Waals surface area contributed by atoms with Crippen molar-refractivity contribution >= 4 is 0 Å². The third kappa shape index (κ3) is 6.83. The van der Waals surface area contributed by atoms with E-state index >= 15 is 0 Å². The molecule has 0 aliphatic heterocycles. The Morgan fingerprint density at radius 3 is 1.94 bits per heavy atom. The molecule has 104 valence electrons. The lowest BCUT2D eigenvalue weighted by atomic mass is 10.1. The molecule has 0 bridgehead atoms. The lowest BCUT2D eigenvalue weighted by Gasteiger charge is -2.02. The fourth-order valence-corrected chi connectivity index (χ4v) is 2.44. The van der Waals surface area contributed by atoms with Crippen LogP contribution in [0.3, 0.4) is 0 Å². The molecule has 0 saturated heterocycles. The van der Waals surface area contributed by atoms with Crippen LogP contribution in [0.15, 0.2) is 12.5 Å². The first-order valence-electron chi connectivity index (χ1n) is 7.87. The van der Waals surface area contributed by atoms with E-state index < -0.39 is 0 Å². The van der Waals surface area contributed by atoms with Crippen LogP contribution in [0.1, 0.15) is 76.8 Å². The van der Waals surface area contributed by atoms with E-state index in [1.807, 2.05) is 0 Å². The van der Waals surface area contributed by atoms with Crippen molar-refractivity contribution in [1.29, 1.82) is 0 Å². The molecule has 1 aromatic rings. The van der Waals surface area contributed by atoms with Crippen LogP contribution in [0.4, 0.5) is 0 Å². The molecular weight excluding hydrogens is 220 g/mol. The minimum Gasteiger partial charge on any atom is -0.250 e. The maximum absolute atomic E-state index is 3.15. The third-order valence-electron chi connectivity index (χ3n) is 3.73. The Balaban J connectivity index is 1.83. The molecule has 18 heavy (non-hydrogen) atoms. The Hall–Kier alpha value is -0.790. The summed E-state index contributed by atoms with van der Waals surface area (Å²) in [6.07, 6.45) is 18.3. The number of nitrogens with zero attached hydrogens (tertiary/aromatic N) is 1. The summed E-state index contributed by atoms with van der Waals surface area (Å²) in [5.41, 5.74) is 1.34. The van der Waals surface area contributed by atoms with E-state index in [1.54, 1.807) is 0 Å². The van der Waals surface area contributed by atoms with Gasteiger partial charge in [-0.2, -0.15) is 0 Å². The molecule has 0 saturated carbocycles. The second-order valence-electron chi connectivity index (χ2n) is 5.46. The molecule has 0 atom stereocenters. The Labute approximate surface area is 113 Å². The van der Waals surface area contributed by atoms with Gasteiger partial charge in [0, 0.05) is 6.92 Å². The largest absolute Gasteiger partial charge is 0.250 e. The Morgan fingerprint density at radius 2 is 1.44 bits per heavy atom. The molecule has 0 fully saturated rings. The van der Waals surface area contributed by atoms with Crippen molar-refractivity contribution in [3.05, 3.63) is 18.2 Å². The molecule has 0 unspecified atom stereocenters. The van der Waals surface area contributed by atoms with Gasteiger partial charge in [-0.15, -0.1) is 0 Å². The molecule has 2 nitrogen and oxygen atoms in total. The van der Waals surface area contributed by atoms with Crippen LogP contribution in [-0.2, 0) is 6.54 Å². The summed E-state index contributed by atoms with van der Waals surface area (Å²) in [5, 5.41) is 0. The number of H-pyrrole nitrogens is 1. The molecule has 0 amide bonds. The van der Waals surface area contributed by atoms with Crippen molar-refractivity contribution in [2.45, 2.75) is 84.6 Å². The summed E-state index contributed by atoms with van der Waals surface area (Å²) in [6, 6.07) is 0. The van der Waals surface area contributed by atoms with Gasteiger partial charge in [-0.05, 0) is 12.8 Å². The van der Waals surface area contributed by atoms with E-state index in [9.17, 15) is 0 Å². The first kappa shape index (κ1) is 15.3. The van der Waals surface area contributed by atoms with Crippen LogP contribution in [-0.4, -0.2) is 4.98 Å². The number of nitrogens with one attached hydrogen (secondary N) is 1. The smallest absolute Gasteiger partial charge is 0.241 e. The lowest BCUT2D eigenvalue weighted by Crippen LogP contribution is -2.33. The lowest BCUT2D eigenvalue weighted by molar-refractivity contribution is -0.701.